The van der Waals surface area contributed by atoms with Crippen LogP contribution in [0.15, 0.2) is 89.9 Å². The van der Waals surface area contributed by atoms with E-state index in [2.05, 4.69) is 15.2 Å². The number of anilines is 1. The molecule has 2 N–H and O–H groups in total. The molecule has 39 heavy (non-hydrogen) atoms. The molecular weight excluding hydrogens is 488 g/mol. The molecule has 0 aromatic heterocycles. The van der Waals surface area contributed by atoms with Crippen molar-refractivity contribution in [1.82, 2.24) is 9.80 Å². The Balaban J connectivity index is 1.51. The Bertz CT molecular complexity index is 1220. The molecule has 0 unspecified atom stereocenters. The van der Waals surface area contributed by atoms with Crippen LogP contribution in [-0.4, -0.2) is 58.9 Å². The summed E-state index contributed by atoms with van der Waals surface area (Å²) in [7, 11) is 0. The van der Waals surface area contributed by atoms with E-state index in [4.69, 9.17) is 0 Å². The molecule has 1 aliphatic rings. The fourth-order valence-electron chi connectivity index (χ4n) is 5.38. The molecule has 0 spiro atoms. The summed E-state index contributed by atoms with van der Waals surface area (Å²) < 4.78 is 0. The minimum absolute atomic E-state index is 0.00410. The number of hydrogen-bond acceptors (Lipinski definition) is 3. The smallest absolute Gasteiger partial charge is 0.253 e. The summed E-state index contributed by atoms with van der Waals surface area (Å²) in [6.45, 7) is 7.93. The maximum Gasteiger partial charge on any atom is 0.253 e. The molecule has 4 rings (SSSR count). The van der Waals surface area contributed by atoms with Gasteiger partial charge in [-0.2, -0.15) is 4.99 Å². The lowest BCUT2D eigenvalue weighted by Gasteiger charge is -2.43. The molecule has 2 amide bonds. The SMILES string of the molecule is CCN(CC)C(=O)c1ccc(N/C(=N/C(C)=O)N2CCC(C(O)(c3ccccc3)c3ccccc3)CC2)cc1. The minimum atomic E-state index is -1.12. The van der Waals surface area contributed by atoms with Crippen LogP contribution in [-0.2, 0) is 10.4 Å². The quantitative estimate of drug-likeness (QED) is 0.329. The first kappa shape index (κ1) is 28.0. The van der Waals surface area contributed by atoms with Crippen molar-refractivity contribution in [3.63, 3.8) is 0 Å². The molecule has 0 aliphatic carbocycles. The highest BCUT2D eigenvalue weighted by atomic mass is 16.3. The summed E-state index contributed by atoms with van der Waals surface area (Å²) in [5.74, 6) is 0.169. The third-order valence-electron chi connectivity index (χ3n) is 7.52. The van der Waals surface area contributed by atoms with Crippen LogP contribution in [0, 0.1) is 5.92 Å². The van der Waals surface area contributed by atoms with Gasteiger partial charge in [0.25, 0.3) is 5.91 Å². The molecule has 0 radical (unpaired) electrons. The Hall–Kier alpha value is -3.97. The number of piperidine rings is 1. The normalized spacial score (nSPS) is 14.7. The number of carbonyl (C=O) groups is 2. The Morgan fingerprint density at radius 3 is 1.87 bits per heavy atom. The van der Waals surface area contributed by atoms with Crippen molar-refractivity contribution in [3.05, 3.63) is 102 Å². The third kappa shape index (κ3) is 6.37. The maximum atomic E-state index is 12.7. The van der Waals surface area contributed by atoms with Gasteiger partial charge in [-0.05, 0) is 68.0 Å². The van der Waals surface area contributed by atoms with Gasteiger partial charge in [0.15, 0.2) is 0 Å². The lowest BCUT2D eigenvalue weighted by molar-refractivity contribution is -0.115. The molecule has 0 atom stereocenters. The molecule has 1 heterocycles. The molecular formula is C32H38N4O3. The first-order valence-electron chi connectivity index (χ1n) is 13.7. The molecule has 204 valence electrons. The Morgan fingerprint density at radius 2 is 1.41 bits per heavy atom. The van der Waals surface area contributed by atoms with Crippen LogP contribution in [0.5, 0.6) is 0 Å². The van der Waals surface area contributed by atoms with Crippen molar-refractivity contribution in [2.75, 3.05) is 31.5 Å². The van der Waals surface area contributed by atoms with Crippen molar-refractivity contribution >= 4 is 23.5 Å². The van der Waals surface area contributed by atoms with Crippen LogP contribution in [0.25, 0.3) is 0 Å². The Labute approximate surface area is 231 Å². The first-order valence-corrected chi connectivity index (χ1v) is 13.7. The summed E-state index contributed by atoms with van der Waals surface area (Å²) in [5.41, 5.74) is 2.01. The number of likely N-dealkylation sites (tertiary alicyclic amines) is 1. The summed E-state index contributed by atoms with van der Waals surface area (Å²) in [4.78, 5) is 32.8. The van der Waals surface area contributed by atoms with Gasteiger partial charge in [0.2, 0.25) is 11.9 Å². The average molecular weight is 527 g/mol. The van der Waals surface area contributed by atoms with Crippen LogP contribution in [0.4, 0.5) is 5.69 Å². The van der Waals surface area contributed by atoms with Gasteiger partial charge in [-0.3, -0.25) is 9.59 Å². The number of guanidine groups is 1. The van der Waals surface area contributed by atoms with Crippen molar-refractivity contribution in [2.45, 2.75) is 39.2 Å². The van der Waals surface area contributed by atoms with Gasteiger partial charge in [-0.25, -0.2) is 0 Å². The van der Waals surface area contributed by atoms with E-state index in [1.807, 2.05) is 86.6 Å². The third-order valence-corrected chi connectivity index (χ3v) is 7.52. The van der Waals surface area contributed by atoms with E-state index >= 15 is 0 Å². The van der Waals surface area contributed by atoms with Crippen LogP contribution in [0.3, 0.4) is 0 Å². The second kappa shape index (κ2) is 12.7. The standard InChI is InChI=1S/C32H38N4O3/c1-4-35(5-2)30(38)25-16-18-29(19-17-25)34-31(33-24(3)37)36-22-20-28(21-23-36)32(39,26-12-8-6-9-13-26)27-14-10-7-11-15-27/h6-19,28,39H,4-5,20-23H2,1-3H3,(H,33,34,37). The molecule has 0 saturated carbocycles. The molecule has 1 aliphatic heterocycles. The number of aliphatic hydroxyl groups is 1. The minimum Gasteiger partial charge on any atom is -0.380 e. The largest absolute Gasteiger partial charge is 0.380 e. The van der Waals surface area contributed by atoms with E-state index in [-0.39, 0.29) is 17.7 Å². The predicted molar refractivity (Wildman–Crippen MR) is 156 cm³/mol. The van der Waals surface area contributed by atoms with E-state index in [0.29, 0.717) is 37.7 Å². The van der Waals surface area contributed by atoms with Crippen molar-refractivity contribution in [1.29, 1.82) is 0 Å². The zero-order chi connectivity index (χ0) is 27.8. The highest BCUT2D eigenvalue weighted by Gasteiger charge is 2.42. The lowest BCUT2D eigenvalue weighted by Crippen LogP contribution is -2.47. The molecule has 0 bridgehead atoms. The highest BCUT2D eigenvalue weighted by molar-refractivity contribution is 6.01. The van der Waals surface area contributed by atoms with Crippen LogP contribution in [0.2, 0.25) is 0 Å². The maximum absolute atomic E-state index is 12.7. The summed E-state index contributed by atoms with van der Waals surface area (Å²) >= 11 is 0. The van der Waals surface area contributed by atoms with Gasteiger partial charge < -0.3 is 20.2 Å². The fourth-order valence-corrected chi connectivity index (χ4v) is 5.38. The van der Waals surface area contributed by atoms with Crippen LogP contribution in [0.1, 0.15) is 55.1 Å². The van der Waals surface area contributed by atoms with E-state index < -0.39 is 5.60 Å². The van der Waals surface area contributed by atoms with Gasteiger partial charge in [-0.1, -0.05) is 60.7 Å². The molecule has 7 nitrogen and oxygen atoms in total. The van der Waals surface area contributed by atoms with Gasteiger partial charge in [0.1, 0.15) is 5.60 Å². The van der Waals surface area contributed by atoms with Crippen LogP contribution < -0.4 is 5.32 Å². The molecule has 1 fully saturated rings. The molecule has 7 heteroatoms. The first-order chi connectivity index (χ1) is 18.9. The summed E-state index contributed by atoms with van der Waals surface area (Å²) in [6.07, 6.45) is 1.44. The number of benzene rings is 3. The average Bonchev–Trinajstić information content (AvgIpc) is 2.98. The van der Waals surface area contributed by atoms with E-state index in [1.54, 1.807) is 17.0 Å². The van der Waals surface area contributed by atoms with E-state index in [0.717, 1.165) is 29.7 Å². The Morgan fingerprint density at radius 1 is 0.897 bits per heavy atom. The number of nitrogens with one attached hydrogen (secondary N) is 1. The second-order valence-electron chi connectivity index (χ2n) is 9.89. The second-order valence-corrected chi connectivity index (χ2v) is 9.89. The van der Waals surface area contributed by atoms with Crippen molar-refractivity contribution in [2.24, 2.45) is 10.9 Å². The Kier molecular flexibility index (Phi) is 9.15. The van der Waals surface area contributed by atoms with E-state index in [1.165, 1.54) is 6.92 Å². The topological polar surface area (TPSA) is 85.2 Å². The number of nitrogens with zero attached hydrogens (tertiary/aromatic N) is 3. The number of aliphatic imine (C=N–C) groups is 1. The lowest BCUT2D eigenvalue weighted by atomic mass is 9.72. The monoisotopic (exact) mass is 526 g/mol. The predicted octanol–water partition coefficient (Wildman–Crippen LogP) is 5.13. The van der Waals surface area contributed by atoms with Gasteiger partial charge >= 0.3 is 0 Å². The van der Waals surface area contributed by atoms with Gasteiger partial charge in [-0.15, -0.1) is 0 Å². The number of amides is 2. The molecule has 3 aromatic carbocycles. The number of rotatable bonds is 7. The number of carbonyl (C=O) groups excluding carboxylic acids is 2. The van der Waals surface area contributed by atoms with E-state index in [9.17, 15) is 14.7 Å². The number of hydrogen-bond donors (Lipinski definition) is 2. The van der Waals surface area contributed by atoms with Crippen molar-refractivity contribution in [3.8, 4) is 0 Å². The van der Waals surface area contributed by atoms with Gasteiger partial charge in [0.05, 0.1) is 0 Å². The molecule has 3 aromatic rings. The zero-order valence-corrected chi connectivity index (χ0v) is 23.0. The molecule has 1 saturated heterocycles. The highest BCUT2D eigenvalue weighted by Crippen LogP contribution is 2.42. The van der Waals surface area contributed by atoms with Gasteiger partial charge in [0, 0.05) is 44.4 Å². The zero-order valence-electron chi connectivity index (χ0n) is 23.0. The summed E-state index contributed by atoms with van der Waals surface area (Å²) in [6, 6.07) is 26.9. The van der Waals surface area contributed by atoms with Crippen molar-refractivity contribution < 1.29 is 14.7 Å². The summed E-state index contributed by atoms with van der Waals surface area (Å²) in [5, 5.41) is 15.5. The fraction of sp³-hybridized carbons (Fsp3) is 0.344. The van der Waals surface area contributed by atoms with Crippen LogP contribution >= 0.6 is 0 Å².